The van der Waals surface area contributed by atoms with Gasteiger partial charge in [-0.2, -0.15) is 5.26 Å². The Morgan fingerprint density at radius 3 is 1.95 bits per heavy atom. The highest BCUT2D eigenvalue weighted by Gasteiger charge is 1.96. The van der Waals surface area contributed by atoms with E-state index in [1.807, 2.05) is 23.5 Å². The van der Waals surface area contributed by atoms with Crippen molar-refractivity contribution in [2.75, 3.05) is 0 Å². The highest BCUT2D eigenvalue weighted by Crippen LogP contribution is 2.17. The third-order valence-electron chi connectivity index (χ3n) is 2.68. The van der Waals surface area contributed by atoms with Gasteiger partial charge in [0.15, 0.2) is 0 Å². The van der Waals surface area contributed by atoms with Gasteiger partial charge in [-0.25, -0.2) is 0 Å². The van der Waals surface area contributed by atoms with Crippen LogP contribution in [0, 0.1) is 11.3 Å². The summed E-state index contributed by atoms with van der Waals surface area (Å²) in [5.41, 5.74) is 5.47. The van der Waals surface area contributed by atoms with E-state index in [1.165, 1.54) is 27.5 Å². The van der Waals surface area contributed by atoms with Gasteiger partial charge in [-0.3, -0.25) is 0 Å². The van der Waals surface area contributed by atoms with Crippen LogP contribution in [-0.2, 0) is 19.4 Å². The van der Waals surface area contributed by atoms with E-state index in [2.05, 4.69) is 32.0 Å². The Morgan fingerprint density at radius 2 is 1.50 bits per heavy atom. The second-order valence-corrected chi connectivity index (χ2v) is 6.87. The normalized spacial score (nSPS) is 9.70. The van der Waals surface area contributed by atoms with Crippen molar-refractivity contribution in [3.8, 4) is 6.07 Å². The summed E-state index contributed by atoms with van der Waals surface area (Å²) in [6.07, 6.45) is 4.69. The van der Waals surface area contributed by atoms with Gasteiger partial charge >= 0.3 is 0 Å². The predicted molar refractivity (Wildman–Crippen MR) is 89.2 cm³/mol. The molecule has 0 fully saturated rings. The molecular formula is C16H22N2S2. The molecule has 0 saturated carbocycles. The van der Waals surface area contributed by atoms with Crippen molar-refractivity contribution in [2.24, 2.45) is 5.73 Å². The molecule has 20 heavy (non-hydrogen) atoms. The largest absolute Gasteiger partial charge is 0.326 e. The molecule has 0 aromatic carbocycles. The van der Waals surface area contributed by atoms with E-state index in [-0.39, 0.29) is 0 Å². The van der Waals surface area contributed by atoms with Crippen molar-refractivity contribution >= 4 is 22.7 Å². The van der Waals surface area contributed by atoms with E-state index in [4.69, 9.17) is 11.0 Å². The standard InChI is InChI=1S/C8H13NS.C8H9NS/c2*1-2-3-7-4-5-8(6-9)10-7/h4-5H,2-3,6,9H2,1H3;4-5H,2-3H2,1H3. The second-order valence-electron chi connectivity index (χ2n) is 4.45. The lowest BCUT2D eigenvalue weighted by atomic mass is 10.3. The lowest BCUT2D eigenvalue weighted by Crippen LogP contribution is -1.91. The molecule has 0 aliphatic heterocycles. The Balaban J connectivity index is 0.000000200. The SMILES string of the molecule is CCCc1ccc(C#N)s1.CCCc1ccc(CN)s1. The van der Waals surface area contributed by atoms with Gasteiger partial charge in [-0.05, 0) is 37.1 Å². The van der Waals surface area contributed by atoms with Crippen molar-refractivity contribution in [1.29, 1.82) is 5.26 Å². The third-order valence-corrected chi connectivity index (χ3v) is 4.90. The molecule has 108 valence electrons. The molecule has 0 atom stereocenters. The number of thiophene rings is 2. The predicted octanol–water partition coefficient (Wildman–Crippen LogP) is 4.73. The van der Waals surface area contributed by atoms with Crippen LogP contribution in [-0.4, -0.2) is 0 Å². The van der Waals surface area contributed by atoms with Crippen LogP contribution < -0.4 is 5.73 Å². The van der Waals surface area contributed by atoms with Crippen LogP contribution >= 0.6 is 22.7 Å². The van der Waals surface area contributed by atoms with Crippen molar-refractivity contribution in [2.45, 2.75) is 46.1 Å². The van der Waals surface area contributed by atoms with Crippen LogP contribution in [0.2, 0.25) is 0 Å². The van der Waals surface area contributed by atoms with E-state index in [0.717, 1.165) is 17.7 Å². The van der Waals surface area contributed by atoms with Crippen LogP contribution in [0.1, 0.15) is 46.2 Å². The van der Waals surface area contributed by atoms with E-state index in [0.29, 0.717) is 6.54 Å². The first kappa shape index (κ1) is 16.9. The molecule has 2 heterocycles. The van der Waals surface area contributed by atoms with Crippen LogP contribution in [0.25, 0.3) is 0 Å². The minimum absolute atomic E-state index is 0.689. The summed E-state index contributed by atoms with van der Waals surface area (Å²) in [5.74, 6) is 0. The summed E-state index contributed by atoms with van der Waals surface area (Å²) in [6.45, 7) is 5.03. The number of rotatable bonds is 5. The van der Waals surface area contributed by atoms with Crippen LogP contribution in [0.4, 0.5) is 0 Å². The summed E-state index contributed by atoms with van der Waals surface area (Å²) < 4.78 is 0. The highest BCUT2D eigenvalue weighted by molar-refractivity contribution is 7.12. The van der Waals surface area contributed by atoms with Crippen LogP contribution in [0.5, 0.6) is 0 Å². The van der Waals surface area contributed by atoms with E-state index in [9.17, 15) is 0 Å². The Kier molecular flexibility index (Phi) is 8.20. The zero-order chi connectivity index (χ0) is 14.8. The fourth-order valence-electron chi connectivity index (χ4n) is 1.73. The molecule has 0 spiro atoms. The average Bonchev–Trinajstić information content (AvgIpc) is 3.09. The molecule has 0 radical (unpaired) electrons. The Morgan fingerprint density at radius 1 is 0.950 bits per heavy atom. The van der Waals surface area contributed by atoms with Gasteiger partial charge in [0.1, 0.15) is 10.9 Å². The first-order valence-corrected chi connectivity index (χ1v) is 8.63. The van der Waals surface area contributed by atoms with Gasteiger partial charge in [0.05, 0.1) is 0 Å². The van der Waals surface area contributed by atoms with Crippen molar-refractivity contribution in [3.63, 3.8) is 0 Å². The molecule has 0 bridgehead atoms. The maximum Gasteiger partial charge on any atom is 0.110 e. The summed E-state index contributed by atoms with van der Waals surface area (Å²) in [5, 5.41) is 8.48. The summed E-state index contributed by atoms with van der Waals surface area (Å²) in [7, 11) is 0. The molecule has 0 amide bonds. The lowest BCUT2D eigenvalue weighted by molar-refractivity contribution is 0.940. The van der Waals surface area contributed by atoms with Gasteiger partial charge in [-0.1, -0.05) is 26.7 Å². The van der Waals surface area contributed by atoms with Crippen LogP contribution in [0.3, 0.4) is 0 Å². The molecule has 2 aromatic heterocycles. The molecule has 2 nitrogen and oxygen atoms in total. The fraction of sp³-hybridized carbons (Fsp3) is 0.438. The molecular weight excluding hydrogens is 284 g/mol. The molecule has 0 aliphatic rings. The third kappa shape index (κ3) is 5.87. The van der Waals surface area contributed by atoms with E-state index in [1.54, 1.807) is 11.3 Å². The van der Waals surface area contributed by atoms with Gasteiger partial charge in [-0.15, -0.1) is 22.7 Å². The highest BCUT2D eigenvalue weighted by atomic mass is 32.1. The Hall–Kier alpha value is -1.15. The maximum absolute atomic E-state index is 8.48. The average molecular weight is 306 g/mol. The molecule has 2 aromatic rings. The van der Waals surface area contributed by atoms with Crippen molar-refractivity contribution < 1.29 is 0 Å². The van der Waals surface area contributed by atoms with Crippen molar-refractivity contribution in [3.05, 3.63) is 43.8 Å². The summed E-state index contributed by atoms with van der Waals surface area (Å²) in [6, 6.07) is 10.3. The summed E-state index contributed by atoms with van der Waals surface area (Å²) >= 11 is 3.43. The van der Waals surface area contributed by atoms with E-state index < -0.39 is 0 Å². The second kappa shape index (κ2) is 9.71. The first-order valence-electron chi connectivity index (χ1n) is 6.99. The quantitative estimate of drug-likeness (QED) is 0.868. The molecule has 0 aliphatic carbocycles. The van der Waals surface area contributed by atoms with Gasteiger partial charge in [0.25, 0.3) is 0 Å². The minimum Gasteiger partial charge on any atom is -0.326 e. The molecule has 0 saturated heterocycles. The number of hydrogen-bond donors (Lipinski definition) is 1. The molecule has 2 rings (SSSR count). The number of nitrogens with zero attached hydrogens (tertiary/aromatic N) is 1. The number of nitrogens with two attached hydrogens (primary N) is 1. The van der Waals surface area contributed by atoms with E-state index >= 15 is 0 Å². The topological polar surface area (TPSA) is 49.8 Å². The van der Waals surface area contributed by atoms with Crippen LogP contribution in [0.15, 0.2) is 24.3 Å². The first-order chi connectivity index (χ1) is 9.73. The fourth-order valence-corrected chi connectivity index (χ4v) is 3.64. The van der Waals surface area contributed by atoms with Gasteiger partial charge < -0.3 is 5.73 Å². The molecule has 2 N–H and O–H groups in total. The Bertz CT molecular complexity index is 535. The molecule has 4 heteroatoms. The smallest absolute Gasteiger partial charge is 0.110 e. The maximum atomic E-state index is 8.48. The zero-order valence-corrected chi connectivity index (χ0v) is 13.8. The molecule has 0 unspecified atom stereocenters. The number of aryl methyl sites for hydroxylation is 2. The minimum atomic E-state index is 0.689. The van der Waals surface area contributed by atoms with Gasteiger partial charge in [0.2, 0.25) is 0 Å². The number of hydrogen-bond acceptors (Lipinski definition) is 4. The summed E-state index contributed by atoms with van der Waals surface area (Å²) in [4.78, 5) is 4.90. The monoisotopic (exact) mass is 306 g/mol. The van der Waals surface area contributed by atoms with Crippen molar-refractivity contribution in [1.82, 2.24) is 0 Å². The lowest BCUT2D eigenvalue weighted by Gasteiger charge is -1.88. The Labute approximate surface area is 129 Å². The number of nitriles is 1. The van der Waals surface area contributed by atoms with Gasteiger partial charge in [0, 0.05) is 21.2 Å². The zero-order valence-electron chi connectivity index (χ0n) is 12.2.